The van der Waals surface area contributed by atoms with Crippen LogP contribution in [0.25, 0.3) is 11.0 Å². The lowest BCUT2D eigenvalue weighted by molar-refractivity contribution is -0.128. The number of carbonyl (C=O) groups excluding carboxylic acids is 1. The highest BCUT2D eigenvalue weighted by molar-refractivity contribution is 5.92. The summed E-state index contributed by atoms with van der Waals surface area (Å²) < 4.78 is 5.63. The highest BCUT2D eigenvalue weighted by Crippen LogP contribution is 2.35. The lowest BCUT2D eigenvalue weighted by Crippen LogP contribution is -2.42. The number of hydrogen-bond acceptors (Lipinski definition) is 4. The van der Waals surface area contributed by atoms with Crippen LogP contribution in [0.5, 0.6) is 0 Å². The first kappa shape index (κ1) is 11.9. The summed E-state index contributed by atoms with van der Waals surface area (Å²) in [6.45, 7) is 1.74. The number of carbonyl (C=O) groups is 1. The average molecular weight is 272 g/mol. The molecule has 1 amide bonds. The largest absolute Gasteiger partial charge is 0.464 e. The van der Waals surface area contributed by atoms with E-state index in [1.807, 2.05) is 0 Å². The van der Waals surface area contributed by atoms with Crippen molar-refractivity contribution in [3.63, 3.8) is 0 Å². The van der Waals surface area contributed by atoms with Gasteiger partial charge in [-0.2, -0.15) is 0 Å². The topological polar surface area (TPSA) is 74.5 Å². The predicted molar refractivity (Wildman–Crippen MR) is 72.9 cm³/mol. The van der Waals surface area contributed by atoms with Crippen molar-refractivity contribution >= 4 is 16.9 Å². The molecule has 1 aromatic heterocycles. The monoisotopic (exact) mass is 272 g/mol. The molecule has 104 valence electrons. The zero-order valence-electron chi connectivity index (χ0n) is 11.0. The molecule has 1 aromatic carbocycles. The van der Waals surface area contributed by atoms with Gasteiger partial charge >= 0.3 is 0 Å². The number of amides is 1. The summed E-state index contributed by atoms with van der Waals surface area (Å²) >= 11 is 0. The van der Waals surface area contributed by atoms with Crippen LogP contribution < -0.4 is 10.6 Å². The molecule has 4 rings (SSSR count). The SMILES string of the molecule is O=C1NC(O)CCC1c1coc2cc3c(cc12)CNC3. The van der Waals surface area contributed by atoms with Crippen LogP contribution in [0.4, 0.5) is 0 Å². The molecule has 0 radical (unpaired) electrons. The van der Waals surface area contributed by atoms with E-state index in [4.69, 9.17) is 4.42 Å². The zero-order chi connectivity index (χ0) is 13.7. The first-order chi connectivity index (χ1) is 9.72. The van der Waals surface area contributed by atoms with Gasteiger partial charge in [0.05, 0.1) is 12.2 Å². The number of benzene rings is 1. The van der Waals surface area contributed by atoms with Gasteiger partial charge in [-0.05, 0) is 36.1 Å². The van der Waals surface area contributed by atoms with Gasteiger partial charge in [0, 0.05) is 24.0 Å². The molecule has 2 aliphatic rings. The second-order valence-electron chi connectivity index (χ2n) is 5.57. The van der Waals surface area contributed by atoms with Gasteiger partial charge in [0.2, 0.25) is 5.91 Å². The van der Waals surface area contributed by atoms with Crippen molar-refractivity contribution in [3.05, 3.63) is 35.1 Å². The molecule has 2 aliphatic heterocycles. The van der Waals surface area contributed by atoms with Crippen LogP contribution in [0.3, 0.4) is 0 Å². The fourth-order valence-corrected chi connectivity index (χ4v) is 3.20. The van der Waals surface area contributed by atoms with Gasteiger partial charge in [-0.15, -0.1) is 0 Å². The van der Waals surface area contributed by atoms with Gasteiger partial charge in [-0.1, -0.05) is 0 Å². The van der Waals surface area contributed by atoms with Crippen molar-refractivity contribution in [3.8, 4) is 0 Å². The van der Waals surface area contributed by atoms with Crippen LogP contribution in [-0.4, -0.2) is 17.2 Å². The third-order valence-electron chi connectivity index (χ3n) is 4.29. The second kappa shape index (κ2) is 4.33. The Hall–Kier alpha value is -1.85. The van der Waals surface area contributed by atoms with Crippen molar-refractivity contribution in [2.24, 2.45) is 0 Å². The summed E-state index contributed by atoms with van der Waals surface area (Å²) in [5.41, 5.74) is 4.30. The Morgan fingerprint density at radius 1 is 1.20 bits per heavy atom. The number of fused-ring (bicyclic) bond motifs is 2. The van der Waals surface area contributed by atoms with Crippen LogP contribution in [0, 0.1) is 0 Å². The summed E-state index contributed by atoms with van der Waals surface area (Å²) in [6, 6.07) is 4.19. The van der Waals surface area contributed by atoms with E-state index in [0.29, 0.717) is 12.8 Å². The highest BCUT2D eigenvalue weighted by Gasteiger charge is 2.30. The maximum absolute atomic E-state index is 12.1. The average Bonchev–Trinajstić information content (AvgIpc) is 3.02. The summed E-state index contributed by atoms with van der Waals surface area (Å²) in [6.07, 6.45) is 2.20. The maximum Gasteiger partial charge on any atom is 0.229 e. The summed E-state index contributed by atoms with van der Waals surface area (Å²) in [5, 5.41) is 16.4. The number of piperidine rings is 1. The van der Waals surface area contributed by atoms with Gasteiger partial charge < -0.3 is 20.2 Å². The van der Waals surface area contributed by atoms with Crippen LogP contribution in [-0.2, 0) is 17.9 Å². The minimum Gasteiger partial charge on any atom is -0.464 e. The summed E-state index contributed by atoms with van der Waals surface area (Å²) in [5.74, 6) is -0.350. The molecule has 3 N–H and O–H groups in total. The van der Waals surface area contributed by atoms with E-state index in [1.54, 1.807) is 6.26 Å². The van der Waals surface area contributed by atoms with Crippen LogP contribution in [0.1, 0.15) is 35.4 Å². The molecule has 5 heteroatoms. The molecule has 1 fully saturated rings. The lowest BCUT2D eigenvalue weighted by Gasteiger charge is -2.25. The van der Waals surface area contributed by atoms with E-state index in [0.717, 1.165) is 29.6 Å². The normalized spacial score (nSPS) is 25.8. The molecule has 20 heavy (non-hydrogen) atoms. The van der Waals surface area contributed by atoms with Crippen LogP contribution in [0.15, 0.2) is 22.8 Å². The molecule has 5 nitrogen and oxygen atoms in total. The second-order valence-corrected chi connectivity index (χ2v) is 5.57. The van der Waals surface area contributed by atoms with Crippen molar-refractivity contribution in [2.75, 3.05) is 0 Å². The van der Waals surface area contributed by atoms with Crippen molar-refractivity contribution in [1.82, 2.24) is 10.6 Å². The molecule has 0 bridgehead atoms. The number of hydrogen-bond donors (Lipinski definition) is 3. The predicted octanol–water partition coefficient (Wildman–Crippen LogP) is 1.35. The molecule has 2 atom stereocenters. The molecule has 2 unspecified atom stereocenters. The summed E-state index contributed by atoms with van der Waals surface area (Å²) in [4.78, 5) is 12.1. The van der Waals surface area contributed by atoms with Crippen molar-refractivity contribution < 1.29 is 14.3 Å². The Kier molecular flexibility index (Phi) is 2.58. The van der Waals surface area contributed by atoms with Crippen LogP contribution >= 0.6 is 0 Å². The fraction of sp³-hybridized carbons (Fsp3) is 0.400. The first-order valence-corrected chi connectivity index (χ1v) is 6.94. The molecule has 1 saturated heterocycles. The lowest BCUT2D eigenvalue weighted by atomic mass is 9.89. The Bertz CT molecular complexity index is 692. The van der Waals surface area contributed by atoms with E-state index in [9.17, 15) is 9.90 Å². The first-order valence-electron chi connectivity index (χ1n) is 6.94. The fourth-order valence-electron chi connectivity index (χ4n) is 3.20. The zero-order valence-corrected chi connectivity index (χ0v) is 11.0. The van der Waals surface area contributed by atoms with Gasteiger partial charge in [-0.25, -0.2) is 0 Å². The number of rotatable bonds is 1. The summed E-state index contributed by atoms with van der Waals surface area (Å²) in [7, 11) is 0. The number of furan rings is 1. The number of aliphatic hydroxyl groups excluding tert-OH is 1. The highest BCUT2D eigenvalue weighted by atomic mass is 16.3. The van der Waals surface area contributed by atoms with Crippen molar-refractivity contribution in [1.29, 1.82) is 0 Å². The maximum atomic E-state index is 12.1. The molecule has 0 saturated carbocycles. The molecule has 2 aromatic rings. The van der Waals surface area contributed by atoms with E-state index < -0.39 is 6.23 Å². The van der Waals surface area contributed by atoms with Gasteiger partial charge in [0.15, 0.2) is 0 Å². The molecule has 0 spiro atoms. The van der Waals surface area contributed by atoms with Gasteiger partial charge in [0.25, 0.3) is 0 Å². The molecule has 0 aliphatic carbocycles. The van der Waals surface area contributed by atoms with E-state index >= 15 is 0 Å². The Labute approximate surface area is 116 Å². The Morgan fingerprint density at radius 2 is 2.00 bits per heavy atom. The Morgan fingerprint density at radius 3 is 2.80 bits per heavy atom. The van der Waals surface area contributed by atoms with Crippen LogP contribution in [0.2, 0.25) is 0 Å². The Balaban J connectivity index is 1.78. The van der Waals surface area contributed by atoms with E-state index in [2.05, 4.69) is 22.8 Å². The molecule has 3 heterocycles. The number of nitrogens with one attached hydrogen (secondary N) is 2. The number of aliphatic hydroxyl groups is 1. The van der Waals surface area contributed by atoms with Crippen molar-refractivity contribution in [2.45, 2.75) is 38.1 Å². The third kappa shape index (κ3) is 1.74. The molecular weight excluding hydrogens is 256 g/mol. The van der Waals surface area contributed by atoms with E-state index in [-0.39, 0.29) is 11.8 Å². The smallest absolute Gasteiger partial charge is 0.229 e. The standard InChI is InChI=1S/C15H16N2O3/c18-14-2-1-10(15(19)17-14)12-7-20-13-4-9-6-16-5-8(9)3-11(12)13/h3-4,7,10,14,16,18H,1-2,5-6H2,(H,17,19). The van der Waals surface area contributed by atoms with Gasteiger partial charge in [0.1, 0.15) is 11.8 Å². The third-order valence-corrected chi connectivity index (χ3v) is 4.29. The quantitative estimate of drug-likeness (QED) is 0.732. The minimum atomic E-state index is -0.717. The molecular formula is C15H16N2O3. The van der Waals surface area contributed by atoms with Gasteiger partial charge in [-0.3, -0.25) is 4.79 Å². The minimum absolute atomic E-state index is 0.120. The van der Waals surface area contributed by atoms with E-state index in [1.165, 1.54) is 11.1 Å².